The zero-order chi connectivity index (χ0) is 35.5. The first-order valence-corrected chi connectivity index (χ1v) is 18.1. The molecule has 0 radical (unpaired) electrons. The number of anilines is 6. The molecule has 0 saturated carbocycles. The molecule has 7 aromatic rings. The van der Waals surface area contributed by atoms with Gasteiger partial charge in [0.2, 0.25) is 0 Å². The topological polar surface area (TPSA) is 6.48 Å². The highest BCUT2D eigenvalue weighted by atomic mass is 28.3. The number of hydrogen-bond donors (Lipinski definition) is 0. The number of para-hydroxylation sites is 4. The van der Waals surface area contributed by atoms with E-state index in [9.17, 15) is 0 Å². The Hall–Kier alpha value is -5.58. The number of benzene rings is 7. The molecule has 0 N–H and O–H groups in total. The Morgan fingerprint density at radius 1 is 0.532 bits per heavy atom. The summed E-state index contributed by atoms with van der Waals surface area (Å²) in [6.07, 6.45) is 0. The lowest BCUT2D eigenvalue weighted by atomic mass is 9.33. The van der Waals surface area contributed by atoms with Crippen molar-refractivity contribution in [3.63, 3.8) is 0 Å². The Labute approximate surface area is 284 Å². The fourth-order valence-electron chi connectivity index (χ4n) is 8.58. The van der Waals surface area contributed by atoms with Gasteiger partial charge in [-0.1, -0.05) is 133 Å². The smallest absolute Gasteiger partial charge is 0.252 e. The van der Waals surface area contributed by atoms with Gasteiger partial charge in [0.05, 0.1) is 6.85 Å². The maximum Gasteiger partial charge on any atom is 0.252 e. The van der Waals surface area contributed by atoms with Crippen LogP contribution in [0.3, 0.4) is 0 Å². The lowest BCUT2D eigenvalue weighted by Crippen LogP contribution is -2.79. The highest BCUT2D eigenvalue weighted by molar-refractivity contribution is 7.22. The number of hydrogen-bond acceptors (Lipinski definition) is 2. The van der Waals surface area contributed by atoms with Crippen molar-refractivity contribution < 1.29 is 6.85 Å². The highest BCUT2D eigenvalue weighted by Gasteiger charge is 2.53. The number of fused-ring (bicyclic) bond motifs is 6. The summed E-state index contributed by atoms with van der Waals surface area (Å²) >= 11 is 0. The second-order valence-electron chi connectivity index (χ2n) is 12.6. The van der Waals surface area contributed by atoms with Crippen molar-refractivity contribution in [2.24, 2.45) is 0 Å². The lowest BCUT2D eigenvalue weighted by molar-refractivity contribution is 1.24. The Morgan fingerprint density at radius 3 is 1.83 bits per heavy atom. The van der Waals surface area contributed by atoms with Gasteiger partial charge in [0.25, 0.3) is 6.71 Å². The SMILES string of the molecule is [2H]c1c([2H])c([2H])c(N2c3ccccc3B3c4cccc5c4N(c4ccccc4[Si]5(c4ccccc4)c4ccccc4)c4cc(C)cc2c43)c([2H])c1[2H]. The molecule has 220 valence electrons. The molecule has 0 aliphatic carbocycles. The molecule has 0 fully saturated rings. The van der Waals surface area contributed by atoms with E-state index in [0.717, 1.165) is 39.2 Å². The third-order valence-electron chi connectivity index (χ3n) is 10.2. The molecule has 0 saturated heterocycles. The van der Waals surface area contributed by atoms with Gasteiger partial charge in [0.1, 0.15) is 0 Å². The summed E-state index contributed by atoms with van der Waals surface area (Å²) in [6, 6.07) is 48.7. The number of rotatable bonds is 3. The molecule has 4 heteroatoms. The summed E-state index contributed by atoms with van der Waals surface area (Å²) in [4.78, 5) is 4.36. The Bertz CT molecular complexity index is 2570. The van der Waals surface area contributed by atoms with E-state index in [-0.39, 0.29) is 36.6 Å². The van der Waals surface area contributed by atoms with Crippen LogP contribution >= 0.6 is 0 Å². The first-order valence-electron chi connectivity index (χ1n) is 18.6. The van der Waals surface area contributed by atoms with Crippen molar-refractivity contribution in [1.29, 1.82) is 0 Å². The van der Waals surface area contributed by atoms with Crippen LogP contribution in [0.25, 0.3) is 0 Å². The Morgan fingerprint density at radius 2 is 1.11 bits per heavy atom. The van der Waals surface area contributed by atoms with Gasteiger partial charge in [-0.15, -0.1) is 0 Å². The van der Waals surface area contributed by atoms with Crippen LogP contribution in [0.2, 0.25) is 0 Å². The van der Waals surface area contributed by atoms with E-state index in [0.29, 0.717) is 0 Å². The average molecular weight is 620 g/mol. The molecular formula is C43H31BN2Si. The standard InChI is InChI=1S/C43H31BN2Si/c1-30-28-38-42-39(29-30)46-37-25-13-14-26-40(37)47(32-18-7-3-8-19-32,33-20-9-4-10-21-33)41-27-15-23-35(43(41)46)44(42)34-22-11-12-24-36(34)45(38)31-16-5-2-6-17-31/h2-29H,1H3/i2D,5D,6D,16D,17D. The maximum atomic E-state index is 9.09. The van der Waals surface area contributed by atoms with Gasteiger partial charge >= 0.3 is 0 Å². The van der Waals surface area contributed by atoms with Crippen molar-refractivity contribution in [2.45, 2.75) is 6.92 Å². The molecule has 3 heterocycles. The van der Waals surface area contributed by atoms with Crippen molar-refractivity contribution in [3.8, 4) is 0 Å². The van der Waals surface area contributed by atoms with E-state index < -0.39 is 14.1 Å². The largest absolute Gasteiger partial charge is 0.312 e. The van der Waals surface area contributed by atoms with E-state index >= 15 is 0 Å². The molecule has 0 spiro atoms. The van der Waals surface area contributed by atoms with Gasteiger partial charge in [-0.2, -0.15) is 0 Å². The maximum absolute atomic E-state index is 9.09. The van der Waals surface area contributed by atoms with Crippen LogP contribution in [-0.4, -0.2) is 14.8 Å². The van der Waals surface area contributed by atoms with Crippen LogP contribution in [0.15, 0.2) is 170 Å². The molecule has 10 rings (SSSR count). The monoisotopic (exact) mass is 619 g/mol. The van der Waals surface area contributed by atoms with Gasteiger partial charge in [-0.25, -0.2) is 0 Å². The highest BCUT2D eigenvalue weighted by Crippen LogP contribution is 2.45. The summed E-state index contributed by atoms with van der Waals surface area (Å²) < 4.78 is 43.7. The van der Waals surface area contributed by atoms with E-state index in [1.165, 1.54) is 31.9 Å². The van der Waals surface area contributed by atoms with Crippen molar-refractivity contribution in [3.05, 3.63) is 175 Å². The van der Waals surface area contributed by atoms with Crippen molar-refractivity contribution >= 4 is 86.0 Å². The molecule has 3 aliphatic rings. The van der Waals surface area contributed by atoms with Crippen molar-refractivity contribution in [2.75, 3.05) is 9.80 Å². The summed E-state index contributed by atoms with van der Waals surface area (Å²) in [5.41, 5.74) is 9.49. The zero-order valence-corrected chi connectivity index (χ0v) is 26.8. The fraction of sp³-hybridized carbons (Fsp3) is 0.0233. The minimum absolute atomic E-state index is 0.155. The Kier molecular flexibility index (Phi) is 4.67. The summed E-state index contributed by atoms with van der Waals surface area (Å²) in [5, 5.41) is 5.30. The molecule has 0 atom stereocenters. The lowest BCUT2D eigenvalue weighted by Gasteiger charge is -2.50. The molecule has 3 aliphatic heterocycles. The van der Waals surface area contributed by atoms with Gasteiger partial charge in [-0.05, 0) is 86.0 Å². The molecule has 0 unspecified atom stereocenters. The van der Waals surface area contributed by atoms with Gasteiger partial charge in [-0.3, -0.25) is 0 Å². The van der Waals surface area contributed by atoms with E-state index in [2.05, 4.69) is 133 Å². The molecule has 0 bridgehead atoms. The molecule has 47 heavy (non-hydrogen) atoms. The minimum atomic E-state index is -2.86. The van der Waals surface area contributed by atoms with E-state index in [4.69, 9.17) is 6.85 Å². The van der Waals surface area contributed by atoms with Gasteiger partial charge in [0.15, 0.2) is 8.07 Å². The minimum Gasteiger partial charge on any atom is -0.312 e. The molecule has 0 amide bonds. The van der Waals surface area contributed by atoms with Gasteiger partial charge in [0, 0.05) is 34.1 Å². The van der Waals surface area contributed by atoms with Crippen LogP contribution in [0.1, 0.15) is 12.4 Å². The van der Waals surface area contributed by atoms with Crippen molar-refractivity contribution in [1.82, 2.24) is 0 Å². The summed E-state index contributed by atoms with van der Waals surface area (Å²) in [5.74, 6) is 0. The number of nitrogens with zero attached hydrogens (tertiary/aromatic N) is 2. The van der Waals surface area contributed by atoms with Crippen LogP contribution in [-0.2, 0) is 0 Å². The third-order valence-corrected chi connectivity index (χ3v) is 15.1. The molecule has 7 aromatic carbocycles. The molecular weight excluding hydrogens is 583 g/mol. The molecule has 0 aromatic heterocycles. The molecule has 2 nitrogen and oxygen atoms in total. The quantitative estimate of drug-likeness (QED) is 0.232. The second-order valence-corrected chi connectivity index (χ2v) is 16.3. The Balaban J connectivity index is 1.36. The second kappa shape index (κ2) is 9.96. The van der Waals surface area contributed by atoms with Crippen LogP contribution in [0.5, 0.6) is 0 Å². The normalized spacial score (nSPS) is 16.0. The van der Waals surface area contributed by atoms with Crippen LogP contribution in [0, 0.1) is 6.92 Å². The number of aryl methyl sites for hydroxylation is 1. The third kappa shape index (κ3) is 3.51. The first-order chi connectivity index (χ1) is 25.3. The summed E-state index contributed by atoms with van der Waals surface area (Å²) in [7, 11) is -2.86. The van der Waals surface area contributed by atoms with Crippen LogP contribution in [0.4, 0.5) is 34.1 Å². The predicted octanol–water partition coefficient (Wildman–Crippen LogP) is 5.77. The van der Waals surface area contributed by atoms with Crippen LogP contribution < -0.4 is 46.9 Å². The van der Waals surface area contributed by atoms with E-state index in [1.807, 2.05) is 23.1 Å². The van der Waals surface area contributed by atoms with Gasteiger partial charge < -0.3 is 9.80 Å². The van der Waals surface area contributed by atoms with E-state index in [1.54, 1.807) is 0 Å². The zero-order valence-electron chi connectivity index (χ0n) is 30.8. The first kappa shape index (κ1) is 22.0. The fourth-order valence-corrected chi connectivity index (χ4v) is 13.7. The summed E-state index contributed by atoms with van der Waals surface area (Å²) in [6.45, 7) is 1.92. The average Bonchev–Trinajstić information content (AvgIpc) is 3.18. The predicted molar refractivity (Wildman–Crippen MR) is 202 cm³/mol.